The second-order valence-electron chi connectivity index (χ2n) is 7.28. The van der Waals surface area contributed by atoms with Gasteiger partial charge in [-0.15, -0.1) is 0 Å². The third-order valence-corrected chi connectivity index (χ3v) is 5.10. The molecule has 0 atom stereocenters. The first-order valence-electron chi connectivity index (χ1n) is 7.41. The van der Waals surface area contributed by atoms with E-state index in [2.05, 4.69) is 52.8 Å². The average Bonchev–Trinajstić information content (AvgIpc) is 3.00. The van der Waals surface area contributed by atoms with Crippen LogP contribution in [-0.4, -0.2) is 18.3 Å². The van der Waals surface area contributed by atoms with Gasteiger partial charge in [0.25, 0.3) is 0 Å². The van der Waals surface area contributed by atoms with E-state index in [-0.39, 0.29) is 23.9 Å². The highest BCUT2D eigenvalue weighted by atomic mass is 16.7. The van der Waals surface area contributed by atoms with Gasteiger partial charge in [-0.3, -0.25) is 0 Å². The standard InChI is InChI=1S/C16H24BNO2/c1-11-7-6-8-12(13(11)16(18)9-10-16)17-19-14(2,3)15(4,5)20-17/h6-8H,9-10,18H2,1-5H3. The molecule has 0 unspecified atom stereocenters. The molecule has 4 heteroatoms. The van der Waals surface area contributed by atoms with Crippen LogP contribution in [0.4, 0.5) is 0 Å². The second-order valence-corrected chi connectivity index (χ2v) is 7.28. The molecule has 20 heavy (non-hydrogen) atoms. The number of benzene rings is 1. The average molecular weight is 273 g/mol. The smallest absolute Gasteiger partial charge is 0.399 e. The quantitative estimate of drug-likeness (QED) is 0.840. The van der Waals surface area contributed by atoms with Crippen LogP contribution in [0.3, 0.4) is 0 Å². The molecule has 1 aliphatic heterocycles. The molecule has 3 nitrogen and oxygen atoms in total. The maximum Gasteiger partial charge on any atom is 0.495 e. The fourth-order valence-corrected chi connectivity index (χ4v) is 2.92. The van der Waals surface area contributed by atoms with E-state index < -0.39 is 0 Å². The van der Waals surface area contributed by atoms with E-state index in [1.54, 1.807) is 0 Å². The summed E-state index contributed by atoms with van der Waals surface area (Å²) in [6.45, 7) is 10.4. The molecule has 1 saturated carbocycles. The molecule has 0 aromatic heterocycles. The zero-order chi connectivity index (χ0) is 14.8. The van der Waals surface area contributed by atoms with E-state index >= 15 is 0 Å². The maximum atomic E-state index is 6.46. The van der Waals surface area contributed by atoms with Crippen LogP contribution >= 0.6 is 0 Å². The number of hydrogen-bond acceptors (Lipinski definition) is 3. The molecule has 1 aromatic carbocycles. The molecule has 0 spiro atoms. The Kier molecular flexibility index (Phi) is 2.89. The minimum absolute atomic E-state index is 0.176. The summed E-state index contributed by atoms with van der Waals surface area (Å²) in [5.74, 6) is 0. The van der Waals surface area contributed by atoms with Crippen molar-refractivity contribution in [2.75, 3.05) is 0 Å². The lowest BCUT2D eigenvalue weighted by Gasteiger charge is -2.32. The molecule has 1 aliphatic carbocycles. The first kappa shape index (κ1) is 14.1. The predicted molar refractivity (Wildman–Crippen MR) is 82.0 cm³/mol. The Labute approximate surface area is 122 Å². The van der Waals surface area contributed by atoms with Gasteiger partial charge >= 0.3 is 7.12 Å². The predicted octanol–water partition coefficient (Wildman–Crippen LogP) is 2.24. The van der Waals surface area contributed by atoms with Gasteiger partial charge in [-0.1, -0.05) is 18.2 Å². The highest BCUT2D eigenvalue weighted by Crippen LogP contribution is 2.44. The van der Waals surface area contributed by atoms with E-state index in [0.717, 1.165) is 18.3 Å². The number of nitrogens with two attached hydrogens (primary N) is 1. The molecule has 108 valence electrons. The van der Waals surface area contributed by atoms with Crippen molar-refractivity contribution < 1.29 is 9.31 Å². The van der Waals surface area contributed by atoms with Crippen molar-refractivity contribution in [3.05, 3.63) is 29.3 Å². The van der Waals surface area contributed by atoms with Crippen LogP contribution in [0, 0.1) is 6.92 Å². The Hall–Kier alpha value is -0.835. The Morgan fingerprint density at radius 1 is 1.05 bits per heavy atom. The van der Waals surface area contributed by atoms with Gasteiger partial charge < -0.3 is 15.0 Å². The Balaban J connectivity index is 2.03. The first-order chi connectivity index (χ1) is 9.16. The molecule has 0 radical (unpaired) electrons. The van der Waals surface area contributed by atoms with Crippen LogP contribution in [0.5, 0.6) is 0 Å². The molecular formula is C16H24BNO2. The lowest BCUT2D eigenvalue weighted by Crippen LogP contribution is -2.41. The Morgan fingerprint density at radius 2 is 1.60 bits per heavy atom. The van der Waals surface area contributed by atoms with E-state index in [9.17, 15) is 0 Å². The van der Waals surface area contributed by atoms with Crippen molar-refractivity contribution in [2.24, 2.45) is 5.73 Å². The largest absolute Gasteiger partial charge is 0.495 e. The summed E-state index contributed by atoms with van der Waals surface area (Å²) in [6.07, 6.45) is 2.09. The zero-order valence-corrected chi connectivity index (χ0v) is 13.1. The maximum absolute atomic E-state index is 6.46. The molecule has 0 bridgehead atoms. The van der Waals surface area contributed by atoms with E-state index in [1.807, 2.05) is 0 Å². The van der Waals surface area contributed by atoms with Crippen molar-refractivity contribution >= 4 is 12.6 Å². The third kappa shape index (κ3) is 2.02. The number of aryl methyl sites for hydroxylation is 1. The summed E-state index contributed by atoms with van der Waals surface area (Å²) in [5, 5.41) is 0. The highest BCUT2D eigenvalue weighted by molar-refractivity contribution is 6.62. The summed E-state index contributed by atoms with van der Waals surface area (Å²) >= 11 is 0. The summed E-state index contributed by atoms with van der Waals surface area (Å²) in [4.78, 5) is 0. The lowest BCUT2D eigenvalue weighted by atomic mass is 9.72. The van der Waals surface area contributed by atoms with Gasteiger partial charge in [0.15, 0.2) is 0 Å². The van der Waals surface area contributed by atoms with Crippen LogP contribution < -0.4 is 11.2 Å². The van der Waals surface area contributed by atoms with Gasteiger partial charge in [0.2, 0.25) is 0 Å². The first-order valence-corrected chi connectivity index (χ1v) is 7.41. The molecular weight excluding hydrogens is 249 g/mol. The molecule has 1 heterocycles. The van der Waals surface area contributed by atoms with Crippen molar-refractivity contribution in [2.45, 2.75) is 64.2 Å². The van der Waals surface area contributed by atoms with Crippen molar-refractivity contribution in [3.8, 4) is 0 Å². The van der Waals surface area contributed by atoms with Gasteiger partial charge in [0.1, 0.15) is 0 Å². The Morgan fingerprint density at radius 3 is 2.10 bits per heavy atom. The number of rotatable bonds is 2. The van der Waals surface area contributed by atoms with Gasteiger partial charge in [0, 0.05) is 5.54 Å². The molecule has 2 N–H and O–H groups in total. The second kappa shape index (κ2) is 4.09. The Bertz CT molecular complexity index is 533. The van der Waals surface area contributed by atoms with Gasteiger partial charge in [-0.25, -0.2) is 0 Å². The number of hydrogen-bond donors (Lipinski definition) is 1. The molecule has 3 rings (SSSR count). The van der Waals surface area contributed by atoms with Crippen LogP contribution in [0.15, 0.2) is 18.2 Å². The van der Waals surface area contributed by atoms with Crippen LogP contribution in [0.2, 0.25) is 0 Å². The van der Waals surface area contributed by atoms with Gasteiger partial charge in [-0.2, -0.15) is 0 Å². The summed E-state index contributed by atoms with van der Waals surface area (Å²) in [5.41, 5.74) is 9.21. The summed E-state index contributed by atoms with van der Waals surface area (Å²) in [6, 6.07) is 6.28. The molecule has 1 saturated heterocycles. The van der Waals surface area contributed by atoms with E-state index in [1.165, 1.54) is 11.1 Å². The van der Waals surface area contributed by atoms with E-state index in [4.69, 9.17) is 15.0 Å². The van der Waals surface area contributed by atoms with Gasteiger partial charge in [0.05, 0.1) is 11.2 Å². The molecule has 2 fully saturated rings. The van der Waals surface area contributed by atoms with Crippen molar-refractivity contribution in [1.82, 2.24) is 0 Å². The molecule has 0 amide bonds. The fourth-order valence-electron chi connectivity index (χ4n) is 2.92. The van der Waals surface area contributed by atoms with Crippen LogP contribution in [0.25, 0.3) is 0 Å². The summed E-state index contributed by atoms with van der Waals surface area (Å²) in [7, 11) is -0.323. The van der Waals surface area contributed by atoms with Crippen LogP contribution in [0.1, 0.15) is 51.7 Å². The third-order valence-electron chi connectivity index (χ3n) is 5.10. The molecule has 1 aromatic rings. The minimum atomic E-state index is -0.323. The topological polar surface area (TPSA) is 44.5 Å². The molecule has 2 aliphatic rings. The fraction of sp³-hybridized carbons (Fsp3) is 0.625. The van der Waals surface area contributed by atoms with Crippen molar-refractivity contribution in [1.29, 1.82) is 0 Å². The summed E-state index contributed by atoms with van der Waals surface area (Å²) < 4.78 is 12.4. The highest BCUT2D eigenvalue weighted by Gasteiger charge is 2.54. The zero-order valence-electron chi connectivity index (χ0n) is 13.1. The van der Waals surface area contributed by atoms with Gasteiger partial charge in [-0.05, 0) is 64.1 Å². The van der Waals surface area contributed by atoms with E-state index in [0.29, 0.717) is 0 Å². The monoisotopic (exact) mass is 273 g/mol. The normalized spacial score (nSPS) is 25.8. The van der Waals surface area contributed by atoms with Crippen molar-refractivity contribution in [3.63, 3.8) is 0 Å². The van der Waals surface area contributed by atoms with Crippen LogP contribution in [-0.2, 0) is 14.8 Å². The lowest BCUT2D eigenvalue weighted by molar-refractivity contribution is 0.00578. The SMILES string of the molecule is Cc1cccc(B2OC(C)(C)C(C)(C)O2)c1C1(N)CC1. The minimum Gasteiger partial charge on any atom is -0.399 e.